The Morgan fingerprint density at radius 2 is 2.06 bits per heavy atom. The van der Waals surface area contributed by atoms with E-state index in [0.717, 1.165) is 19.5 Å². The maximum absolute atomic E-state index is 11.9. The number of primary amides is 1. The lowest BCUT2D eigenvalue weighted by molar-refractivity contribution is 0.0995. The summed E-state index contributed by atoms with van der Waals surface area (Å²) in [6.07, 6.45) is 2.50. The number of rotatable bonds is 8. The normalized spacial score (nSPS) is 13.4. The Hall–Kier alpha value is -3.83. The summed E-state index contributed by atoms with van der Waals surface area (Å²) in [5, 5.41) is 23.6. The maximum atomic E-state index is 11.9. The van der Waals surface area contributed by atoms with Crippen molar-refractivity contribution in [3.63, 3.8) is 0 Å². The third kappa shape index (κ3) is 4.90. The molecule has 5 N–H and O–H groups in total. The quantitative estimate of drug-likeness (QED) is 0.390. The van der Waals surface area contributed by atoms with Crippen molar-refractivity contribution in [1.82, 2.24) is 25.1 Å². The molecular weight excluding hydrogens is 436 g/mol. The number of methoxy groups -OCH3 is 1. The lowest BCUT2D eigenvalue weighted by Gasteiger charge is -2.32. The van der Waals surface area contributed by atoms with Crippen LogP contribution >= 0.6 is 0 Å². The van der Waals surface area contributed by atoms with Crippen LogP contribution in [0.5, 0.6) is 5.75 Å². The van der Waals surface area contributed by atoms with Gasteiger partial charge in [-0.15, -0.1) is 10.2 Å². The van der Waals surface area contributed by atoms with Crippen molar-refractivity contribution in [1.29, 1.82) is 0 Å². The van der Waals surface area contributed by atoms with E-state index in [4.69, 9.17) is 10.5 Å². The molecule has 0 fully saturated rings. The molecule has 1 aliphatic heterocycles. The van der Waals surface area contributed by atoms with Gasteiger partial charge in [0.2, 0.25) is 5.95 Å². The molecule has 1 aliphatic rings. The second-order valence-electron chi connectivity index (χ2n) is 8.25. The molecule has 4 rings (SSSR count). The van der Waals surface area contributed by atoms with Gasteiger partial charge >= 0.3 is 0 Å². The summed E-state index contributed by atoms with van der Waals surface area (Å²) >= 11 is 0. The molecule has 3 aromatic rings. The summed E-state index contributed by atoms with van der Waals surface area (Å²) in [6, 6.07) is 7.90. The van der Waals surface area contributed by atoms with Crippen LogP contribution in [0.4, 0.5) is 23.3 Å². The minimum atomic E-state index is -0.796. The predicted molar refractivity (Wildman–Crippen MR) is 127 cm³/mol. The topological polar surface area (TPSA) is 151 Å². The Balaban J connectivity index is 1.67. The number of pyridine rings is 1. The van der Waals surface area contributed by atoms with Crippen molar-refractivity contribution < 1.29 is 14.6 Å². The monoisotopic (exact) mass is 464 g/mol. The zero-order valence-electron chi connectivity index (χ0n) is 19.4. The van der Waals surface area contributed by atoms with Gasteiger partial charge in [0.1, 0.15) is 11.6 Å². The number of aliphatic hydroxyl groups excluding tert-OH is 1. The van der Waals surface area contributed by atoms with E-state index in [1.807, 2.05) is 12.1 Å². The molecule has 0 spiro atoms. The van der Waals surface area contributed by atoms with Crippen molar-refractivity contribution in [2.24, 2.45) is 5.73 Å². The highest BCUT2D eigenvalue weighted by Gasteiger charge is 2.22. The Kier molecular flexibility index (Phi) is 6.85. The highest BCUT2D eigenvalue weighted by Crippen LogP contribution is 2.33. The number of hydrogen-bond acceptors (Lipinski definition) is 10. The van der Waals surface area contributed by atoms with Gasteiger partial charge in [-0.25, -0.2) is 4.98 Å². The molecular formula is C23H28N8O3. The zero-order valence-corrected chi connectivity index (χ0v) is 19.4. The molecule has 0 bridgehead atoms. The SMILES string of the molecule is COc1cc2c(cc1Nc1nnc(C(N)=O)c(Nc3ncccc3CO)n1)CN(C(C)C)CC2. The van der Waals surface area contributed by atoms with Crippen LogP contribution in [0, 0.1) is 0 Å². The van der Waals surface area contributed by atoms with Crippen LogP contribution < -0.4 is 21.1 Å². The minimum Gasteiger partial charge on any atom is -0.495 e. The van der Waals surface area contributed by atoms with E-state index in [1.165, 1.54) is 11.1 Å². The Bertz CT molecular complexity index is 1200. The molecule has 0 aliphatic carbocycles. The number of nitrogens with two attached hydrogens (primary N) is 1. The second-order valence-corrected chi connectivity index (χ2v) is 8.25. The lowest BCUT2D eigenvalue weighted by Crippen LogP contribution is -2.35. The molecule has 178 valence electrons. The van der Waals surface area contributed by atoms with Gasteiger partial charge in [0, 0.05) is 30.9 Å². The first kappa shape index (κ1) is 23.3. The Morgan fingerprint density at radius 1 is 1.24 bits per heavy atom. The standard InChI is InChI=1S/C23H28N8O3/c1-13(2)31-8-6-14-10-18(34-3)17(9-16(14)11-31)26-23-28-22(19(20(24)33)29-30-23)27-21-15(12-32)5-4-7-25-21/h4-5,7,9-10,13,32H,6,8,11-12H2,1-3H3,(H2,24,33)(H2,25,26,27,28,30). The first-order valence-electron chi connectivity index (χ1n) is 11.0. The number of aliphatic hydroxyl groups is 1. The van der Waals surface area contributed by atoms with Crippen molar-refractivity contribution in [2.75, 3.05) is 24.3 Å². The average molecular weight is 465 g/mol. The first-order chi connectivity index (χ1) is 16.4. The number of benzene rings is 1. The highest BCUT2D eigenvalue weighted by molar-refractivity contribution is 5.96. The van der Waals surface area contributed by atoms with Crippen LogP contribution in [-0.2, 0) is 19.6 Å². The summed E-state index contributed by atoms with van der Waals surface area (Å²) < 4.78 is 5.60. The van der Waals surface area contributed by atoms with Crippen LogP contribution in [0.3, 0.4) is 0 Å². The second kappa shape index (κ2) is 9.98. The van der Waals surface area contributed by atoms with Crippen LogP contribution in [0.15, 0.2) is 30.5 Å². The fourth-order valence-electron chi connectivity index (χ4n) is 3.86. The van der Waals surface area contributed by atoms with Gasteiger partial charge in [0.25, 0.3) is 5.91 Å². The molecule has 11 heteroatoms. The smallest absolute Gasteiger partial charge is 0.273 e. The van der Waals surface area contributed by atoms with Gasteiger partial charge in [0.15, 0.2) is 11.5 Å². The van der Waals surface area contributed by atoms with Crippen LogP contribution in [0.2, 0.25) is 0 Å². The number of amides is 1. The lowest BCUT2D eigenvalue weighted by atomic mass is 9.97. The number of fused-ring (bicyclic) bond motifs is 1. The van der Waals surface area contributed by atoms with E-state index in [0.29, 0.717) is 28.9 Å². The number of anilines is 4. The Labute approximate surface area is 197 Å². The highest BCUT2D eigenvalue weighted by atomic mass is 16.5. The van der Waals surface area contributed by atoms with Crippen molar-refractivity contribution in [2.45, 2.75) is 39.5 Å². The van der Waals surface area contributed by atoms with Crippen molar-refractivity contribution in [3.8, 4) is 5.75 Å². The zero-order chi connectivity index (χ0) is 24.2. The van der Waals surface area contributed by atoms with Gasteiger partial charge in [-0.3, -0.25) is 9.69 Å². The number of nitrogens with one attached hydrogen (secondary N) is 2. The van der Waals surface area contributed by atoms with E-state index >= 15 is 0 Å². The molecule has 2 aromatic heterocycles. The van der Waals surface area contributed by atoms with Gasteiger partial charge in [-0.2, -0.15) is 4.98 Å². The van der Waals surface area contributed by atoms with Crippen LogP contribution in [0.25, 0.3) is 0 Å². The van der Waals surface area contributed by atoms with E-state index in [2.05, 4.69) is 49.5 Å². The van der Waals surface area contributed by atoms with Crippen molar-refractivity contribution in [3.05, 3.63) is 52.8 Å². The van der Waals surface area contributed by atoms with Crippen molar-refractivity contribution >= 4 is 29.2 Å². The third-order valence-electron chi connectivity index (χ3n) is 5.76. The summed E-state index contributed by atoms with van der Waals surface area (Å²) in [4.78, 5) is 22.9. The summed E-state index contributed by atoms with van der Waals surface area (Å²) in [5.74, 6) is 0.404. The van der Waals surface area contributed by atoms with E-state index in [-0.39, 0.29) is 24.1 Å². The number of carbonyl (C=O) groups excluding carboxylic acids is 1. The molecule has 34 heavy (non-hydrogen) atoms. The van der Waals surface area contributed by atoms with Crippen LogP contribution in [0.1, 0.15) is 41.0 Å². The molecule has 1 amide bonds. The summed E-state index contributed by atoms with van der Waals surface area (Å²) in [6.45, 7) is 5.96. The Morgan fingerprint density at radius 3 is 2.76 bits per heavy atom. The predicted octanol–water partition coefficient (Wildman–Crippen LogP) is 2.12. The third-order valence-corrected chi connectivity index (χ3v) is 5.76. The minimum absolute atomic E-state index is 0.0707. The molecule has 0 atom stereocenters. The van der Waals surface area contributed by atoms with Crippen LogP contribution in [-0.4, -0.2) is 55.8 Å². The van der Waals surface area contributed by atoms with Gasteiger partial charge < -0.3 is 26.2 Å². The number of nitrogens with zero attached hydrogens (tertiary/aromatic N) is 5. The number of aromatic nitrogens is 4. The number of carbonyl (C=O) groups is 1. The van der Waals surface area contributed by atoms with E-state index < -0.39 is 5.91 Å². The molecule has 0 saturated carbocycles. The first-order valence-corrected chi connectivity index (χ1v) is 11.0. The summed E-state index contributed by atoms with van der Waals surface area (Å²) in [5.41, 5.74) is 8.97. The van der Waals surface area contributed by atoms with E-state index in [9.17, 15) is 9.90 Å². The maximum Gasteiger partial charge on any atom is 0.273 e. The average Bonchev–Trinajstić information content (AvgIpc) is 2.83. The number of hydrogen-bond donors (Lipinski definition) is 4. The molecule has 0 saturated heterocycles. The largest absolute Gasteiger partial charge is 0.495 e. The van der Waals surface area contributed by atoms with Gasteiger partial charge in [0.05, 0.1) is 19.4 Å². The van der Waals surface area contributed by atoms with E-state index in [1.54, 1.807) is 25.4 Å². The molecule has 3 heterocycles. The molecule has 1 aromatic carbocycles. The van der Waals surface area contributed by atoms with Gasteiger partial charge in [-0.05, 0) is 49.6 Å². The molecule has 0 unspecified atom stereocenters. The molecule has 0 radical (unpaired) electrons. The fraction of sp³-hybridized carbons (Fsp3) is 0.348. The fourth-order valence-corrected chi connectivity index (χ4v) is 3.86. The number of ether oxygens (including phenoxy) is 1. The molecule has 11 nitrogen and oxygen atoms in total. The summed E-state index contributed by atoms with van der Waals surface area (Å²) in [7, 11) is 1.61. The van der Waals surface area contributed by atoms with Gasteiger partial charge in [-0.1, -0.05) is 6.07 Å².